The van der Waals surface area contributed by atoms with Gasteiger partial charge in [-0.05, 0) is 50.3 Å². The average molecular weight is 377 g/mol. The molecule has 0 radical (unpaired) electrons. The van der Waals surface area contributed by atoms with Gasteiger partial charge in [0.1, 0.15) is 12.4 Å². The van der Waals surface area contributed by atoms with E-state index in [9.17, 15) is 0 Å². The molecule has 0 aliphatic carbocycles. The zero-order valence-corrected chi connectivity index (χ0v) is 16.9. The van der Waals surface area contributed by atoms with Gasteiger partial charge in [-0.1, -0.05) is 44.2 Å². The molecule has 0 amide bonds. The van der Waals surface area contributed by atoms with E-state index in [0.717, 1.165) is 48.0 Å². The maximum Gasteiger partial charge on any atom is 0.227 e. The first-order valence-electron chi connectivity index (χ1n) is 9.81. The second-order valence-corrected chi connectivity index (χ2v) is 6.61. The summed E-state index contributed by atoms with van der Waals surface area (Å²) < 4.78 is 5.84. The second-order valence-electron chi connectivity index (χ2n) is 6.61. The summed E-state index contributed by atoms with van der Waals surface area (Å²) in [5.74, 6) is 1.46. The van der Waals surface area contributed by atoms with Gasteiger partial charge in [0.2, 0.25) is 5.95 Å². The molecule has 0 aliphatic heterocycles. The lowest BCUT2D eigenvalue weighted by atomic mass is 10.1. The molecule has 2 aromatic carbocycles. The molecule has 146 valence electrons. The molecular weight excluding hydrogens is 348 g/mol. The molecule has 1 aromatic heterocycles. The summed E-state index contributed by atoms with van der Waals surface area (Å²) in [6.07, 6.45) is 0. The highest BCUT2D eigenvalue weighted by atomic mass is 16.5. The molecule has 0 spiro atoms. The third-order valence-electron chi connectivity index (χ3n) is 4.60. The molecule has 0 unspecified atom stereocenters. The maximum absolute atomic E-state index is 5.84. The number of hydrogen-bond donors (Lipinski definition) is 1. The second kappa shape index (κ2) is 9.85. The van der Waals surface area contributed by atoms with Crippen LogP contribution in [0.25, 0.3) is 11.3 Å². The fourth-order valence-electron chi connectivity index (χ4n) is 2.98. The minimum absolute atomic E-state index is 0.592. The normalized spacial score (nSPS) is 10.9. The third kappa shape index (κ3) is 5.54. The summed E-state index contributed by atoms with van der Waals surface area (Å²) in [6.45, 7) is 10.0. The van der Waals surface area contributed by atoms with Gasteiger partial charge in [-0.2, -0.15) is 0 Å². The van der Waals surface area contributed by atoms with Crippen LogP contribution >= 0.6 is 0 Å². The lowest BCUT2D eigenvalue weighted by Crippen LogP contribution is -2.27. The van der Waals surface area contributed by atoms with E-state index >= 15 is 0 Å². The van der Waals surface area contributed by atoms with E-state index in [2.05, 4.69) is 46.2 Å². The maximum atomic E-state index is 5.84. The monoisotopic (exact) mass is 376 g/mol. The minimum atomic E-state index is 0.592. The Morgan fingerprint density at radius 1 is 0.929 bits per heavy atom. The first kappa shape index (κ1) is 19.8. The van der Waals surface area contributed by atoms with Crippen LogP contribution in [0.15, 0.2) is 60.7 Å². The van der Waals surface area contributed by atoms with E-state index in [1.54, 1.807) is 0 Å². The van der Waals surface area contributed by atoms with E-state index in [4.69, 9.17) is 4.74 Å². The van der Waals surface area contributed by atoms with Gasteiger partial charge < -0.3 is 15.0 Å². The van der Waals surface area contributed by atoms with Crippen molar-refractivity contribution in [2.75, 3.05) is 31.6 Å². The molecule has 0 saturated heterocycles. The van der Waals surface area contributed by atoms with Gasteiger partial charge in [-0.15, -0.1) is 0 Å². The lowest BCUT2D eigenvalue weighted by Gasteiger charge is -2.18. The first-order valence-corrected chi connectivity index (χ1v) is 9.81. The van der Waals surface area contributed by atoms with Gasteiger partial charge in [0.05, 0.1) is 5.69 Å². The summed E-state index contributed by atoms with van der Waals surface area (Å²) in [6, 6.07) is 20.0. The third-order valence-corrected chi connectivity index (χ3v) is 4.60. The van der Waals surface area contributed by atoms with Crippen molar-refractivity contribution >= 4 is 11.6 Å². The van der Waals surface area contributed by atoms with Gasteiger partial charge in [-0.25, -0.2) is 9.97 Å². The van der Waals surface area contributed by atoms with Gasteiger partial charge in [0.25, 0.3) is 0 Å². The molecule has 0 aliphatic rings. The molecule has 5 nitrogen and oxygen atoms in total. The van der Waals surface area contributed by atoms with Crippen molar-refractivity contribution in [3.63, 3.8) is 0 Å². The number of nitrogens with one attached hydrogen (secondary N) is 1. The van der Waals surface area contributed by atoms with Gasteiger partial charge >= 0.3 is 0 Å². The van der Waals surface area contributed by atoms with Crippen LogP contribution in [0.2, 0.25) is 0 Å². The summed E-state index contributed by atoms with van der Waals surface area (Å²) in [5.41, 5.74) is 3.84. The molecule has 1 heterocycles. The highest BCUT2D eigenvalue weighted by Crippen LogP contribution is 2.22. The molecule has 3 aromatic rings. The van der Waals surface area contributed by atoms with Crippen molar-refractivity contribution in [3.05, 3.63) is 66.4 Å². The van der Waals surface area contributed by atoms with Crippen molar-refractivity contribution < 1.29 is 4.74 Å². The molecule has 0 fully saturated rings. The minimum Gasteiger partial charge on any atom is -0.492 e. The Hall–Kier alpha value is -2.92. The summed E-state index contributed by atoms with van der Waals surface area (Å²) in [4.78, 5) is 11.5. The van der Waals surface area contributed by atoms with E-state index in [0.29, 0.717) is 12.6 Å². The molecule has 0 bridgehead atoms. The molecule has 0 atom stereocenters. The molecule has 28 heavy (non-hydrogen) atoms. The van der Waals surface area contributed by atoms with E-state index < -0.39 is 0 Å². The predicted octanol–water partition coefficient (Wildman–Crippen LogP) is 4.92. The number of rotatable bonds is 9. The number of aryl methyl sites for hydroxylation is 1. The highest BCUT2D eigenvalue weighted by molar-refractivity contribution is 5.62. The first-order chi connectivity index (χ1) is 13.7. The van der Waals surface area contributed by atoms with Crippen LogP contribution in [0.1, 0.15) is 19.5 Å². The quantitative estimate of drug-likeness (QED) is 0.575. The van der Waals surface area contributed by atoms with E-state index in [-0.39, 0.29) is 0 Å². The van der Waals surface area contributed by atoms with Crippen molar-refractivity contribution in [2.24, 2.45) is 0 Å². The molecule has 1 N–H and O–H groups in total. The topological polar surface area (TPSA) is 50.3 Å². The van der Waals surface area contributed by atoms with Gasteiger partial charge in [0.15, 0.2) is 0 Å². The number of aromatic nitrogens is 2. The Labute approximate surface area is 167 Å². The number of benzene rings is 2. The van der Waals surface area contributed by atoms with Crippen LogP contribution in [0.5, 0.6) is 5.75 Å². The fourth-order valence-corrected chi connectivity index (χ4v) is 2.98. The fraction of sp³-hybridized carbons (Fsp3) is 0.304. The number of likely N-dealkylation sites (N-methyl/N-ethyl adjacent to an activating group) is 1. The summed E-state index contributed by atoms with van der Waals surface area (Å²) >= 11 is 0. The number of ether oxygens (including phenoxy) is 1. The lowest BCUT2D eigenvalue weighted by molar-refractivity contribution is 0.223. The van der Waals surface area contributed by atoms with Crippen molar-refractivity contribution in [2.45, 2.75) is 20.8 Å². The Morgan fingerprint density at radius 3 is 2.32 bits per heavy atom. The number of anilines is 2. The van der Waals surface area contributed by atoms with Crippen LogP contribution in [-0.2, 0) is 0 Å². The van der Waals surface area contributed by atoms with Crippen LogP contribution in [0, 0.1) is 6.92 Å². The van der Waals surface area contributed by atoms with Crippen molar-refractivity contribution in [1.82, 2.24) is 14.9 Å². The van der Waals surface area contributed by atoms with Crippen molar-refractivity contribution in [1.29, 1.82) is 0 Å². The van der Waals surface area contributed by atoms with Crippen LogP contribution in [-0.4, -0.2) is 41.1 Å². The number of nitrogens with zero attached hydrogens (tertiary/aromatic N) is 3. The molecular formula is C23H28N4O. The molecule has 0 saturated carbocycles. The Kier molecular flexibility index (Phi) is 6.98. The Morgan fingerprint density at radius 2 is 1.64 bits per heavy atom. The predicted molar refractivity (Wildman–Crippen MR) is 115 cm³/mol. The van der Waals surface area contributed by atoms with E-state index in [1.165, 1.54) is 0 Å². The summed E-state index contributed by atoms with van der Waals surface area (Å²) in [7, 11) is 0. The summed E-state index contributed by atoms with van der Waals surface area (Å²) in [5, 5.41) is 3.29. The zero-order valence-electron chi connectivity index (χ0n) is 16.9. The smallest absolute Gasteiger partial charge is 0.227 e. The van der Waals surface area contributed by atoms with Crippen LogP contribution in [0.3, 0.4) is 0 Å². The van der Waals surface area contributed by atoms with E-state index in [1.807, 2.05) is 55.5 Å². The van der Waals surface area contributed by atoms with Crippen molar-refractivity contribution in [3.8, 4) is 17.0 Å². The van der Waals surface area contributed by atoms with Crippen LogP contribution in [0.4, 0.5) is 11.6 Å². The highest BCUT2D eigenvalue weighted by Gasteiger charge is 2.06. The Bertz CT molecular complexity index is 862. The average Bonchev–Trinajstić information content (AvgIpc) is 2.73. The SMILES string of the molecule is CCN(CC)CCOc1ccc(Nc2nc(C)cc(-c3ccccc3)n2)cc1. The van der Waals surface area contributed by atoms with Crippen LogP contribution < -0.4 is 10.1 Å². The largest absolute Gasteiger partial charge is 0.492 e. The zero-order chi connectivity index (χ0) is 19.8. The molecule has 5 heteroatoms. The number of hydrogen-bond acceptors (Lipinski definition) is 5. The van der Waals surface area contributed by atoms with Gasteiger partial charge in [0, 0.05) is 23.5 Å². The standard InChI is InChI=1S/C23H28N4O/c1-4-27(5-2)15-16-28-21-13-11-20(12-14-21)25-23-24-18(3)17-22(26-23)19-9-7-6-8-10-19/h6-14,17H,4-5,15-16H2,1-3H3,(H,24,25,26). The van der Waals surface area contributed by atoms with Gasteiger partial charge in [-0.3, -0.25) is 0 Å². The molecule has 3 rings (SSSR count). The Balaban J connectivity index is 1.63.